The minimum Gasteiger partial charge on any atom is -0.494 e. The molecule has 5 nitrogen and oxygen atoms in total. The van der Waals surface area contributed by atoms with Gasteiger partial charge in [-0.05, 0) is 24.6 Å². The Labute approximate surface area is 115 Å². The first kappa shape index (κ1) is 13.3. The Hall–Kier alpha value is -2.14. The monoisotopic (exact) mass is 277 g/mol. The molecule has 0 aliphatic rings. The molecule has 2 rings (SSSR count). The van der Waals surface area contributed by atoms with Crippen molar-refractivity contribution in [2.24, 2.45) is 0 Å². The van der Waals surface area contributed by atoms with Crippen molar-refractivity contribution >= 4 is 23.2 Å². The summed E-state index contributed by atoms with van der Waals surface area (Å²) < 4.78 is 5.09. The molecule has 0 radical (unpaired) electrons. The molecular formula is C13H12ClN3O2. The van der Waals surface area contributed by atoms with E-state index in [0.29, 0.717) is 17.0 Å². The largest absolute Gasteiger partial charge is 0.494 e. The third-order valence-corrected chi connectivity index (χ3v) is 2.77. The number of rotatable bonds is 3. The van der Waals surface area contributed by atoms with Crippen LogP contribution >= 0.6 is 11.6 Å². The van der Waals surface area contributed by atoms with Gasteiger partial charge < -0.3 is 10.1 Å². The Morgan fingerprint density at radius 3 is 2.95 bits per heavy atom. The number of carbonyl (C=O) groups is 1. The van der Waals surface area contributed by atoms with E-state index in [1.165, 1.54) is 19.5 Å². The van der Waals surface area contributed by atoms with Gasteiger partial charge in [-0.15, -0.1) is 0 Å². The number of anilines is 1. The van der Waals surface area contributed by atoms with E-state index in [2.05, 4.69) is 15.3 Å². The first-order chi connectivity index (χ1) is 9.11. The number of halogens is 1. The van der Waals surface area contributed by atoms with Gasteiger partial charge in [-0.2, -0.15) is 0 Å². The fraction of sp³-hybridized carbons (Fsp3) is 0.154. The van der Waals surface area contributed by atoms with E-state index in [0.717, 1.165) is 5.56 Å². The molecule has 0 aliphatic heterocycles. The predicted octanol–water partition coefficient (Wildman–Crippen LogP) is 2.70. The van der Waals surface area contributed by atoms with Crippen molar-refractivity contribution in [3.05, 3.63) is 47.0 Å². The molecule has 0 saturated carbocycles. The number of hydrogen-bond donors (Lipinski definition) is 1. The molecule has 2 aromatic heterocycles. The molecule has 2 aromatic rings. The van der Waals surface area contributed by atoms with Gasteiger partial charge in [0.15, 0.2) is 5.15 Å². The Bertz CT molecular complexity index is 617. The van der Waals surface area contributed by atoms with E-state index in [1.54, 1.807) is 18.3 Å². The zero-order chi connectivity index (χ0) is 13.8. The maximum atomic E-state index is 12.2. The lowest BCUT2D eigenvalue weighted by Crippen LogP contribution is -2.14. The molecule has 0 spiro atoms. The quantitative estimate of drug-likeness (QED) is 0.876. The normalized spacial score (nSPS) is 10.1. The summed E-state index contributed by atoms with van der Waals surface area (Å²) in [6.07, 6.45) is 4.63. The van der Waals surface area contributed by atoms with Crippen molar-refractivity contribution in [2.45, 2.75) is 6.92 Å². The zero-order valence-electron chi connectivity index (χ0n) is 10.5. The van der Waals surface area contributed by atoms with Crippen molar-refractivity contribution < 1.29 is 9.53 Å². The first-order valence-corrected chi connectivity index (χ1v) is 5.91. The molecule has 0 bridgehead atoms. The maximum absolute atomic E-state index is 12.2. The molecule has 0 fully saturated rings. The summed E-state index contributed by atoms with van der Waals surface area (Å²) in [5.41, 5.74) is 1.75. The number of hydrogen-bond acceptors (Lipinski definition) is 4. The molecule has 1 amide bonds. The molecule has 0 saturated heterocycles. The summed E-state index contributed by atoms with van der Waals surface area (Å²) in [5, 5.41) is 2.94. The van der Waals surface area contributed by atoms with E-state index in [9.17, 15) is 4.79 Å². The molecule has 6 heteroatoms. The number of pyridine rings is 2. The standard InChI is InChI=1S/C13H12ClN3O2/c1-8-5-10(12(14)16-6-8)17-13(18)9-3-4-15-7-11(9)19-2/h3-7H,1-2H3,(H,17,18). The number of carbonyl (C=O) groups excluding carboxylic acids is 1. The van der Waals surface area contributed by atoms with E-state index < -0.39 is 0 Å². The molecule has 1 N–H and O–H groups in total. The third kappa shape index (κ3) is 3.00. The van der Waals surface area contributed by atoms with Crippen LogP contribution in [0.5, 0.6) is 5.75 Å². The van der Waals surface area contributed by atoms with Crippen LogP contribution in [0.25, 0.3) is 0 Å². The van der Waals surface area contributed by atoms with Crippen molar-refractivity contribution in [3.8, 4) is 5.75 Å². The Morgan fingerprint density at radius 1 is 1.42 bits per heavy atom. The highest BCUT2D eigenvalue weighted by atomic mass is 35.5. The van der Waals surface area contributed by atoms with Crippen molar-refractivity contribution in [1.82, 2.24) is 9.97 Å². The SMILES string of the molecule is COc1cnccc1C(=O)Nc1cc(C)cnc1Cl. The first-order valence-electron chi connectivity index (χ1n) is 5.53. The predicted molar refractivity (Wildman–Crippen MR) is 72.7 cm³/mol. The van der Waals surface area contributed by atoms with Crippen LogP contribution < -0.4 is 10.1 Å². The molecular weight excluding hydrogens is 266 g/mol. The topological polar surface area (TPSA) is 64.1 Å². The van der Waals surface area contributed by atoms with Gasteiger partial charge in [-0.1, -0.05) is 11.6 Å². The second kappa shape index (κ2) is 5.67. The van der Waals surface area contributed by atoms with Crippen LogP contribution in [0.1, 0.15) is 15.9 Å². The molecule has 19 heavy (non-hydrogen) atoms. The molecule has 98 valence electrons. The number of aromatic nitrogens is 2. The molecule has 0 unspecified atom stereocenters. The summed E-state index contributed by atoms with van der Waals surface area (Å²) in [6, 6.07) is 3.33. The Balaban J connectivity index is 2.28. The van der Waals surface area contributed by atoms with Gasteiger partial charge in [-0.3, -0.25) is 9.78 Å². The van der Waals surface area contributed by atoms with E-state index in [1.807, 2.05) is 6.92 Å². The zero-order valence-corrected chi connectivity index (χ0v) is 11.2. The molecule has 0 aromatic carbocycles. The van der Waals surface area contributed by atoms with Crippen LogP contribution in [0.4, 0.5) is 5.69 Å². The highest BCUT2D eigenvalue weighted by Crippen LogP contribution is 2.22. The number of nitrogens with one attached hydrogen (secondary N) is 1. The van der Waals surface area contributed by atoms with Crippen LogP contribution in [-0.4, -0.2) is 23.0 Å². The molecule has 0 aliphatic carbocycles. The van der Waals surface area contributed by atoms with Crippen LogP contribution in [-0.2, 0) is 0 Å². The fourth-order valence-corrected chi connectivity index (χ4v) is 1.71. The number of aryl methyl sites for hydroxylation is 1. The third-order valence-electron chi connectivity index (χ3n) is 2.47. The Morgan fingerprint density at radius 2 is 2.21 bits per heavy atom. The van der Waals surface area contributed by atoms with Crippen LogP contribution in [0.15, 0.2) is 30.7 Å². The lowest BCUT2D eigenvalue weighted by molar-refractivity contribution is 0.102. The second-order valence-corrected chi connectivity index (χ2v) is 4.24. The van der Waals surface area contributed by atoms with Gasteiger partial charge in [0, 0.05) is 12.4 Å². The van der Waals surface area contributed by atoms with Gasteiger partial charge in [0.25, 0.3) is 5.91 Å². The van der Waals surface area contributed by atoms with Crippen molar-refractivity contribution in [3.63, 3.8) is 0 Å². The van der Waals surface area contributed by atoms with Crippen LogP contribution in [0, 0.1) is 6.92 Å². The second-order valence-electron chi connectivity index (χ2n) is 3.88. The number of ether oxygens (including phenoxy) is 1. The lowest BCUT2D eigenvalue weighted by Gasteiger charge is -2.09. The highest BCUT2D eigenvalue weighted by Gasteiger charge is 2.14. The van der Waals surface area contributed by atoms with E-state index in [-0.39, 0.29) is 11.1 Å². The van der Waals surface area contributed by atoms with Crippen LogP contribution in [0.2, 0.25) is 5.15 Å². The smallest absolute Gasteiger partial charge is 0.259 e. The minimum absolute atomic E-state index is 0.243. The fourth-order valence-electron chi connectivity index (χ4n) is 1.56. The van der Waals surface area contributed by atoms with Gasteiger partial charge in [-0.25, -0.2) is 4.98 Å². The average Bonchev–Trinajstić information content (AvgIpc) is 2.42. The van der Waals surface area contributed by atoms with E-state index in [4.69, 9.17) is 16.3 Å². The molecule has 0 atom stereocenters. The highest BCUT2D eigenvalue weighted by molar-refractivity contribution is 6.32. The van der Waals surface area contributed by atoms with Crippen molar-refractivity contribution in [1.29, 1.82) is 0 Å². The summed E-state index contributed by atoms with van der Waals surface area (Å²) in [7, 11) is 1.48. The summed E-state index contributed by atoms with van der Waals surface area (Å²) >= 11 is 5.93. The lowest BCUT2D eigenvalue weighted by atomic mass is 10.2. The summed E-state index contributed by atoms with van der Waals surface area (Å²) in [5.74, 6) is 0.0743. The number of methoxy groups -OCH3 is 1. The number of nitrogens with zero attached hydrogens (tertiary/aromatic N) is 2. The van der Waals surface area contributed by atoms with Gasteiger partial charge in [0.05, 0.1) is 24.6 Å². The Kier molecular flexibility index (Phi) is 3.97. The summed E-state index contributed by atoms with van der Waals surface area (Å²) in [6.45, 7) is 1.87. The van der Waals surface area contributed by atoms with Gasteiger partial charge >= 0.3 is 0 Å². The summed E-state index contributed by atoms with van der Waals surface area (Å²) in [4.78, 5) is 20.0. The minimum atomic E-state index is -0.325. The number of amides is 1. The van der Waals surface area contributed by atoms with Crippen LogP contribution in [0.3, 0.4) is 0 Å². The van der Waals surface area contributed by atoms with Gasteiger partial charge in [0.1, 0.15) is 5.75 Å². The van der Waals surface area contributed by atoms with Gasteiger partial charge in [0.2, 0.25) is 0 Å². The van der Waals surface area contributed by atoms with Crippen molar-refractivity contribution in [2.75, 3.05) is 12.4 Å². The molecule has 2 heterocycles. The maximum Gasteiger partial charge on any atom is 0.259 e. The average molecular weight is 278 g/mol. The van der Waals surface area contributed by atoms with E-state index >= 15 is 0 Å².